The van der Waals surface area contributed by atoms with Gasteiger partial charge in [-0.1, -0.05) is 0 Å². The quantitative estimate of drug-likeness (QED) is 0.593. The van der Waals surface area contributed by atoms with Gasteiger partial charge in [0, 0.05) is 64.1 Å². The van der Waals surface area contributed by atoms with Crippen molar-refractivity contribution in [2.24, 2.45) is 0 Å². The summed E-state index contributed by atoms with van der Waals surface area (Å²) in [5.74, 6) is -3.04. The molecule has 1 fully saturated rings. The number of nitrogens with one attached hydrogen (secondary N) is 1. The van der Waals surface area contributed by atoms with E-state index < -0.39 is 99.4 Å². The molecule has 2 heterocycles. The Morgan fingerprint density at radius 1 is 1.29 bits per heavy atom. The van der Waals surface area contributed by atoms with Crippen molar-refractivity contribution in [2.75, 3.05) is 6.54 Å². The SMILES string of the molecule is [2H]C([2H])([2H])C1(C([2H])([2H])[2H])[15N]([O])C(C([2H])([2H])[2H])(C([2H])([2H])[2H])C([2H])([2H])C([2H])(NC(=O)CCCN2C(=O)C=CC2=O)C1([2H])[2H]. The third kappa shape index (κ3) is 4.02. The van der Waals surface area contributed by atoms with Gasteiger partial charge in [0.2, 0.25) is 5.91 Å². The van der Waals surface area contributed by atoms with E-state index in [4.69, 9.17) is 23.3 Å². The van der Waals surface area contributed by atoms with Crippen molar-refractivity contribution < 1.29 is 42.9 Å². The highest BCUT2D eigenvalue weighted by molar-refractivity contribution is 6.12. The number of imide groups is 1. The number of carbonyl (C=O) groups excluding carboxylic acids is 3. The van der Waals surface area contributed by atoms with Crippen molar-refractivity contribution in [3.63, 3.8) is 0 Å². The second kappa shape index (κ2) is 6.64. The van der Waals surface area contributed by atoms with Crippen LogP contribution in [0.15, 0.2) is 12.2 Å². The second-order valence-electron chi connectivity index (χ2n) is 5.15. The Morgan fingerprint density at radius 2 is 1.83 bits per heavy atom. The molecular weight excluding hydrogens is 311 g/mol. The molecule has 0 aliphatic carbocycles. The van der Waals surface area contributed by atoms with Gasteiger partial charge in [0.15, 0.2) is 0 Å². The summed E-state index contributed by atoms with van der Waals surface area (Å²) in [4.78, 5) is 37.0. The Hall–Kier alpha value is -1.73. The molecule has 0 unspecified atom stereocenters. The summed E-state index contributed by atoms with van der Waals surface area (Å²) >= 11 is 0. The van der Waals surface area contributed by atoms with Crippen LogP contribution in [-0.2, 0) is 19.6 Å². The predicted molar refractivity (Wildman–Crippen MR) is 86.9 cm³/mol. The Bertz CT molecular complexity index is 1020. The van der Waals surface area contributed by atoms with Crippen LogP contribution in [0.4, 0.5) is 0 Å². The van der Waals surface area contributed by atoms with Crippen LogP contribution < -0.4 is 5.32 Å². The van der Waals surface area contributed by atoms with E-state index in [0.717, 1.165) is 12.2 Å². The number of nitrogens with zero attached hydrogens (tertiary/aromatic N) is 2. The zero-order valence-corrected chi connectivity index (χ0v) is 12.3. The fraction of sp³-hybridized carbons (Fsp3) is 0.706. The summed E-state index contributed by atoms with van der Waals surface area (Å²) < 4.78 is 137. The van der Waals surface area contributed by atoms with Crippen molar-refractivity contribution in [1.29, 1.82) is 0 Å². The molecule has 7 heteroatoms. The molecule has 0 aromatic carbocycles. The molecule has 1 saturated heterocycles. The highest BCUT2D eigenvalue weighted by Gasteiger charge is 2.46. The largest absolute Gasteiger partial charge is 0.353 e. The van der Waals surface area contributed by atoms with Gasteiger partial charge in [-0.15, -0.1) is 10.3 Å². The van der Waals surface area contributed by atoms with E-state index >= 15 is 0 Å². The van der Waals surface area contributed by atoms with Crippen LogP contribution in [0, 0.1) is 0 Å². The number of rotatable bonds is 5. The van der Waals surface area contributed by atoms with Crippen molar-refractivity contribution in [2.45, 2.75) is 70.1 Å². The molecule has 3 amide bonds. The first kappa shape index (κ1) is 6.21. The third-order valence-electron chi connectivity index (χ3n) is 3.17. The molecule has 0 aromatic rings. The summed E-state index contributed by atoms with van der Waals surface area (Å²) in [6, 6.07) is -4.37. The maximum absolute atomic E-state index is 13.9. The number of hydrogen-bond donors (Lipinski definition) is 1. The van der Waals surface area contributed by atoms with Gasteiger partial charge < -0.3 is 5.32 Å². The lowest BCUT2D eigenvalue weighted by Crippen LogP contribution is -2.62. The lowest BCUT2D eigenvalue weighted by atomic mass is 9.82. The summed E-state index contributed by atoms with van der Waals surface area (Å²) in [5.41, 5.74) is -9.48. The Kier molecular flexibility index (Phi) is 1.72. The maximum atomic E-state index is 13.9. The van der Waals surface area contributed by atoms with Crippen molar-refractivity contribution in [3.8, 4) is 0 Å². The van der Waals surface area contributed by atoms with Gasteiger partial charge in [-0.25, -0.2) is 0 Å². The highest BCUT2D eigenvalue weighted by Crippen LogP contribution is 2.36. The first-order valence-electron chi connectivity index (χ1n) is 15.3. The van der Waals surface area contributed by atoms with E-state index in [2.05, 4.69) is 0 Å². The molecule has 0 saturated carbocycles. The lowest BCUT2D eigenvalue weighted by molar-refractivity contribution is -0.290. The number of carbonyl (C=O) groups is 3. The molecule has 1 radical (unpaired) electrons. The molecule has 7 nitrogen and oxygen atoms in total. The molecular formula is C17H26N3O4. The average molecular weight is 355 g/mol. The maximum Gasteiger partial charge on any atom is 0.253 e. The summed E-state index contributed by atoms with van der Waals surface area (Å²) in [7, 11) is 0. The smallest absolute Gasteiger partial charge is 0.253 e. The molecule has 2 rings (SSSR count). The number of hydroxylamine groups is 2. The van der Waals surface area contributed by atoms with Gasteiger partial charge in [0.1, 0.15) is 0 Å². The van der Waals surface area contributed by atoms with Crippen LogP contribution in [0.25, 0.3) is 0 Å². The molecule has 0 spiro atoms. The predicted octanol–water partition coefficient (Wildman–Crippen LogP) is 1.17. The zero-order valence-electron chi connectivity index (χ0n) is 29.3. The monoisotopic (exact) mass is 354 g/mol. The molecule has 24 heavy (non-hydrogen) atoms. The molecule has 1 N–H and O–H groups in total. The normalized spacial score (nSPS) is 41.9. The zero-order chi connectivity index (χ0) is 32.6. The fourth-order valence-corrected chi connectivity index (χ4v) is 2.06. The number of hydrogen-bond acceptors (Lipinski definition) is 4. The van der Waals surface area contributed by atoms with Gasteiger partial charge >= 0.3 is 0 Å². The molecule has 0 bridgehead atoms. The van der Waals surface area contributed by atoms with Crippen molar-refractivity contribution >= 4 is 17.7 Å². The average Bonchev–Trinajstić information content (AvgIpc) is 3.00. The minimum absolute atomic E-state index is 0.409. The molecule has 2 aliphatic heterocycles. The van der Waals surface area contributed by atoms with E-state index in [0.29, 0.717) is 4.90 Å². The van der Waals surface area contributed by atoms with E-state index in [-0.39, 0.29) is 0 Å². The first-order chi connectivity index (χ1) is 17.9. The topological polar surface area (TPSA) is 89.6 Å². The highest BCUT2D eigenvalue weighted by atomic mass is 16.8. The van der Waals surface area contributed by atoms with Gasteiger partial charge in [0.25, 0.3) is 11.8 Å². The van der Waals surface area contributed by atoms with Crippen LogP contribution in [0.5, 0.6) is 0 Å². The van der Waals surface area contributed by atoms with E-state index in [1.807, 2.05) is 0 Å². The van der Waals surface area contributed by atoms with Crippen molar-refractivity contribution in [3.05, 3.63) is 12.2 Å². The third-order valence-corrected chi connectivity index (χ3v) is 3.17. The van der Waals surface area contributed by atoms with Crippen LogP contribution in [0.1, 0.15) is 76.3 Å². The molecule has 0 aromatic heterocycles. The van der Waals surface area contributed by atoms with Gasteiger partial charge in [-0.05, 0) is 46.6 Å². The van der Waals surface area contributed by atoms with Gasteiger partial charge in [-0.3, -0.25) is 19.3 Å². The Balaban J connectivity index is 2.86. The summed E-state index contributed by atoms with van der Waals surface area (Å²) in [6.45, 7) is -18.2. The Morgan fingerprint density at radius 3 is 2.33 bits per heavy atom. The van der Waals surface area contributed by atoms with Crippen LogP contribution in [-0.4, -0.2) is 51.3 Å². The van der Waals surface area contributed by atoms with E-state index in [9.17, 15) is 19.6 Å². The first-order valence-corrected chi connectivity index (χ1v) is 6.77. The molecule has 2 aliphatic rings. The minimum Gasteiger partial charge on any atom is -0.353 e. The van der Waals surface area contributed by atoms with Gasteiger partial charge in [-0.2, -0.15) is 0 Å². The van der Waals surface area contributed by atoms with Crippen LogP contribution in [0.2, 0.25) is 0 Å². The van der Waals surface area contributed by atoms with Crippen LogP contribution >= 0.6 is 0 Å². The number of piperidine rings is 1. The summed E-state index contributed by atoms with van der Waals surface area (Å²) in [6.07, 6.45) is -8.52. The molecule has 0 atom stereocenters. The number of amides is 3. The lowest BCUT2D eigenvalue weighted by Gasteiger charge is -2.50. The standard InChI is InChI=1S/C17H26N3O4/c1-16(2)10-12(11-17(3,4)20(16)24)18-13(21)6-5-9-19-14(22)7-8-15(19)23/h7-8,12H,5-6,9-11H2,1-4H3,(H,18,21)/i1D3,2D3,3D3,4D3,10D2,11D2,12D,20+1. The second-order valence-corrected chi connectivity index (χ2v) is 5.15. The fourth-order valence-electron chi connectivity index (χ4n) is 2.06. The summed E-state index contributed by atoms with van der Waals surface area (Å²) in [5, 5.41) is 13.7. The van der Waals surface area contributed by atoms with E-state index in [1.165, 1.54) is 5.32 Å². The Labute approximate surface area is 166 Å². The van der Waals surface area contributed by atoms with E-state index in [1.54, 1.807) is 0 Å². The van der Waals surface area contributed by atoms with Crippen molar-refractivity contribution in [1.82, 2.24) is 15.3 Å². The molecule has 133 valence electrons. The minimum atomic E-state index is -4.74. The van der Waals surface area contributed by atoms with Gasteiger partial charge in [0.05, 0.1) is 1.37 Å². The van der Waals surface area contributed by atoms with Crippen LogP contribution in [0.3, 0.4) is 0 Å².